The van der Waals surface area contributed by atoms with E-state index in [9.17, 15) is 35.1 Å². The summed E-state index contributed by atoms with van der Waals surface area (Å²) in [6.07, 6.45) is -6.69. The van der Waals surface area contributed by atoms with Crippen molar-refractivity contribution >= 4 is 11.6 Å². The molecule has 5 rings (SSSR count). The lowest BCUT2D eigenvalue weighted by Crippen LogP contribution is -2.60. The van der Waals surface area contributed by atoms with Crippen molar-refractivity contribution < 1.29 is 54.1 Å². The number of phenols is 2. The van der Waals surface area contributed by atoms with Crippen LogP contribution in [0.2, 0.25) is 0 Å². The molecule has 1 aliphatic heterocycles. The van der Waals surface area contributed by atoms with E-state index in [-0.39, 0.29) is 39.5 Å². The van der Waals surface area contributed by atoms with E-state index in [1.807, 2.05) is 13.8 Å². The van der Waals surface area contributed by atoms with Crippen LogP contribution in [0.25, 0.3) is 0 Å². The molecule has 1 heterocycles. The van der Waals surface area contributed by atoms with Gasteiger partial charge in [0.15, 0.2) is 12.1 Å². The van der Waals surface area contributed by atoms with Crippen molar-refractivity contribution in [2.45, 2.75) is 76.1 Å². The van der Waals surface area contributed by atoms with Crippen LogP contribution in [0, 0.1) is 5.92 Å². The van der Waals surface area contributed by atoms with Crippen LogP contribution in [0.3, 0.4) is 0 Å². The van der Waals surface area contributed by atoms with Crippen molar-refractivity contribution in [1.82, 2.24) is 5.32 Å². The maximum Gasteiger partial charge on any atom is 0.202 e. The number of likely N-dealkylation sites (N-methyl/N-ethyl adjacent to an activating group) is 1. The number of hydrogen-bond acceptors (Lipinski definition) is 12. The number of carbonyl (C=O) groups is 2. The Morgan fingerprint density at radius 1 is 1.05 bits per heavy atom. The summed E-state index contributed by atoms with van der Waals surface area (Å²) in [5.41, 5.74) is -3.24. The Morgan fingerprint density at radius 2 is 1.74 bits per heavy atom. The second-order valence-corrected chi connectivity index (χ2v) is 11.3. The minimum absolute atomic E-state index is 0.0461. The van der Waals surface area contributed by atoms with E-state index in [1.54, 1.807) is 6.92 Å². The van der Waals surface area contributed by atoms with Crippen molar-refractivity contribution in [1.29, 1.82) is 0 Å². The van der Waals surface area contributed by atoms with Gasteiger partial charge in [-0.15, -0.1) is 0 Å². The molecule has 12 nitrogen and oxygen atoms in total. The molecule has 1 saturated heterocycles. The molecule has 2 aliphatic carbocycles. The minimum atomic E-state index is -1.98. The van der Waals surface area contributed by atoms with E-state index in [2.05, 4.69) is 5.32 Å². The lowest BCUT2D eigenvalue weighted by atomic mass is 9.71. The van der Waals surface area contributed by atoms with Gasteiger partial charge in [0.25, 0.3) is 0 Å². The molecule has 0 saturated carbocycles. The third-order valence-electron chi connectivity index (χ3n) is 8.85. The third kappa shape index (κ3) is 4.32. The molecule has 9 atom stereocenters. The average molecular weight is 588 g/mol. The summed E-state index contributed by atoms with van der Waals surface area (Å²) in [5, 5.41) is 59.1. The monoisotopic (exact) mass is 587 g/mol. The molecule has 2 aromatic carbocycles. The summed E-state index contributed by atoms with van der Waals surface area (Å²) < 4.78 is 23.4. The van der Waals surface area contributed by atoms with Gasteiger partial charge < -0.3 is 49.8 Å². The average Bonchev–Trinajstić information content (AvgIpc) is 2.95. The third-order valence-corrected chi connectivity index (χ3v) is 8.85. The van der Waals surface area contributed by atoms with Crippen LogP contribution < -0.4 is 10.1 Å². The Bertz CT molecular complexity index is 1420. The van der Waals surface area contributed by atoms with Crippen molar-refractivity contribution in [3.63, 3.8) is 0 Å². The molecular formula is C30H37NO11. The molecule has 2 aromatic rings. The highest BCUT2D eigenvalue weighted by Crippen LogP contribution is 2.53. The van der Waals surface area contributed by atoms with Gasteiger partial charge in [0.05, 0.1) is 42.0 Å². The second kappa shape index (κ2) is 10.9. The van der Waals surface area contributed by atoms with E-state index < -0.39 is 77.1 Å². The number of aliphatic hydroxyl groups excluding tert-OH is 2. The van der Waals surface area contributed by atoms with Gasteiger partial charge in [0.2, 0.25) is 5.78 Å². The van der Waals surface area contributed by atoms with Crippen molar-refractivity contribution in [2.24, 2.45) is 5.92 Å². The molecule has 9 unspecified atom stereocenters. The minimum Gasteiger partial charge on any atom is -0.507 e. The highest BCUT2D eigenvalue weighted by molar-refractivity contribution is 6.31. The van der Waals surface area contributed by atoms with E-state index in [4.69, 9.17) is 18.9 Å². The number of fused-ring (bicyclic) bond motifs is 3. The quantitative estimate of drug-likeness (QED) is 0.244. The first-order valence-electron chi connectivity index (χ1n) is 13.9. The normalized spacial score (nSPS) is 34.0. The lowest BCUT2D eigenvalue weighted by Gasteiger charge is -2.49. The first-order valence-corrected chi connectivity index (χ1v) is 13.9. The molecule has 0 aromatic heterocycles. The Morgan fingerprint density at radius 3 is 2.36 bits per heavy atom. The smallest absolute Gasteiger partial charge is 0.202 e. The van der Waals surface area contributed by atoms with E-state index >= 15 is 0 Å². The molecule has 42 heavy (non-hydrogen) atoms. The molecule has 12 heteroatoms. The zero-order chi connectivity index (χ0) is 30.8. The van der Waals surface area contributed by atoms with Gasteiger partial charge >= 0.3 is 0 Å². The standard InChI is InChI=1S/C30H37NO11/c1-7-31-21-11(2)22(33)12(3)41-29(21)42-26-18-14(27(37)30(4,38)28(26)40-6)10-13-17(24(18)35)25(36)19-15(32)8-9-16(39-5)20(19)23(13)34/h8-12,21-22,26-29,31-33,35,37-38H,7H2,1-6H3. The predicted molar refractivity (Wildman–Crippen MR) is 147 cm³/mol. The van der Waals surface area contributed by atoms with Crippen LogP contribution in [-0.4, -0.2) is 94.1 Å². The zero-order valence-corrected chi connectivity index (χ0v) is 24.2. The molecule has 0 amide bonds. The molecule has 3 aliphatic rings. The molecule has 0 radical (unpaired) electrons. The van der Waals surface area contributed by atoms with Crippen molar-refractivity contribution in [3.8, 4) is 17.2 Å². The number of benzene rings is 2. The maximum atomic E-state index is 13.8. The molecule has 0 bridgehead atoms. The fraction of sp³-hybridized carbons (Fsp3) is 0.533. The van der Waals surface area contributed by atoms with Gasteiger partial charge in [0.1, 0.15) is 41.2 Å². The molecule has 6 N–H and O–H groups in total. The molecular weight excluding hydrogens is 550 g/mol. The van der Waals surface area contributed by atoms with Gasteiger partial charge in [-0.2, -0.15) is 0 Å². The van der Waals surface area contributed by atoms with Gasteiger partial charge in [-0.1, -0.05) is 13.8 Å². The highest BCUT2D eigenvalue weighted by atomic mass is 16.7. The van der Waals surface area contributed by atoms with Crippen LogP contribution in [0.4, 0.5) is 0 Å². The van der Waals surface area contributed by atoms with Crippen LogP contribution in [0.1, 0.15) is 82.9 Å². The number of carbonyl (C=O) groups excluding carboxylic acids is 2. The van der Waals surface area contributed by atoms with Gasteiger partial charge in [0, 0.05) is 24.2 Å². The molecule has 0 spiro atoms. The second-order valence-electron chi connectivity index (χ2n) is 11.3. The summed E-state index contributed by atoms with van der Waals surface area (Å²) in [7, 11) is 2.61. The fourth-order valence-electron chi connectivity index (χ4n) is 6.57. The first kappa shape index (κ1) is 30.4. The van der Waals surface area contributed by atoms with E-state index in [1.165, 1.54) is 39.3 Å². The SMILES string of the molecule is CCNC1C(OC2c3c(cc4c(c3O)C(=O)c3c(O)ccc(OC)c3C4=O)C(O)C(C)(O)C2OC)OC(C)C(O)C1C. The van der Waals surface area contributed by atoms with Crippen LogP contribution >= 0.6 is 0 Å². The van der Waals surface area contributed by atoms with E-state index in [0.29, 0.717) is 6.54 Å². The Labute approximate surface area is 242 Å². The number of ketones is 2. The largest absolute Gasteiger partial charge is 0.507 e. The Kier molecular flexibility index (Phi) is 7.86. The summed E-state index contributed by atoms with van der Waals surface area (Å²) in [6, 6.07) is 3.30. The first-order chi connectivity index (χ1) is 19.8. The maximum absolute atomic E-state index is 13.8. The highest BCUT2D eigenvalue weighted by Gasteiger charge is 2.55. The number of phenolic OH excluding ortho intramolecular Hbond substituents is 2. The van der Waals surface area contributed by atoms with Crippen molar-refractivity contribution in [3.05, 3.63) is 51.6 Å². The zero-order valence-electron chi connectivity index (χ0n) is 24.2. The number of nitrogens with one attached hydrogen (secondary N) is 1. The van der Waals surface area contributed by atoms with Gasteiger partial charge in [-0.25, -0.2) is 0 Å². The molecule has 1 fully saturated rings. The van der Waals surface area contributed by atoms with Crippen LogP contribution in [0.15, 0.2) is 18.2 Å². The number of aliphatic hydroxyl groups is 3. The summed E-state index contributed by atoms with van der Waals surface area (Å²) in [4.78, 5) is 27.5. The lowest BCUT2D eigenvalue weighted by molar-refractivity contribution is -0.292. The van der Waals surface area contributed by atoms with Crippen LogP contribution in [0.5, 0.6) is 17.2 Å². The number of ether oxygens (including phenoxy) is 4. The fourth-order valence-corrected chi connectivity index (χ4v) is 6.57. The number of hydrogen-bond donors (Lipinski definition) is 6. The number of aromatic hydroxyl groups is 2. The van der Waals surface area contributed by atoms with E-state index in [0.717, 1.165) is 0 Å². The van der Waals surface area contributed by atoms with Gasteiger partial charge in [-0.05, 0) is 44.2 Å². The number of methoxy groups -OCH3 is 2. The molecule has 228 valence electrons. The van der Waals surface area contributed by atoms with Crippen LogP contribution in [-0.2, 0) is 14.2 Å². The Hall–Kier alpha value is -3.10. The number of rotatable bonds is 6. The van der Waals surface area contributed by atoms with Gasteiger partial charge in [-0.3, -0.25) is 9.59 Å². The summed E-state index contributed by atoms with van der Waals surface area (Å²) in [6.45, 7) is 7.27. The topological polar surface area (TPSA) is 184 Å². The summed E-state index contributed by atoms with van der Waals surface area (Å²) >= 11 is 0. The van der Waals surface area contributed by atoms with Crippen molar-refractivity contribution in [2.75, 3.05) is 20.8 Å². The Balaban J connectivity index is 1.71. The summed E-state index contributed by atoms with van der Waals surface area (Å²) in [5.74, 6) is -2.95. The predicted octanol–water partition coefficient (Wildman–Crippen LogP) is 1.47.